The molecule has 0 saturated carbocycles. The van der Waals surface area contributed by atoms with Crippen molar-refractivity contribution in [2.45, 2.75) is 6.92 Å². The van der Waals surface area contributed by atoms with Gasteiger partial charge < -0.3 is 13.6 Å². The van der Waals surface area contributed by atoms with Crippen molar-refractivity contribution in [3.8, 4) is 45.3 Å². The molecule has 8 aromatic carbocycles. The van der Waals surface area contributed by atoms with Crippen molar-refractivity contribution in [1.29, 1.82) is 0 Å². The van der Waals surface area contributed by atoms with E-state index in [2.05, 4.69) is 149 Å². The Bertz CT molecular complexity index is 3850. The molecule has 0 aliphatic heterocycles. The van der Waals surface area contributed by atoms with Crippen LogP contribution in [0.25, 0.3) is 117 Å². The molecular formula is C58H39N5O. The van der Waals surface area contributed by atoms with E-state index in [-0.39, 0.29) is 0 Å². The summed E-state index contributed by atoms with van der Waals surface area (Å²) in [5.74, 6) is 1.77. The Kier molecular flexibility index (Phi) is 8.94. The Morgan fingerprint density at radius 1 is 0.406 bits per heavy atom. The second-order valence-corrected chi connectivity index (χ2v) is 15.9. The number of benzene rings is 8. The van der Waals surface area contributed by atoms with Crippen molar-refractivity contribution < 1.29 is 4.42 Å². The normalized spacial score (nSPS) is 12.3. The van der Waals surface area contributed by atoms with E-state index in [0.29, 0.717) is 17.5 Å². The molecule has 0 unspecified atom stereocenters. The van der Waals surface area contributed by atoms with Crippen LogP contribution in [0.2, 0.25) is 0 Å². The number of aromatic nitrogens is 5. The lowest BCUT2D eigenvalue weighted by molar-refractivity contribution is 0.669. The smallest absolute Gasteiger partial charge is 0.164 e. The number of hydrogen-bond donors (Lipinski definition) is 0. The fourth-order valence-electron chi connectivity index (χ4n) is 9.26. The largest absolute Gasteiger partial charge is 0.456 e. The molecule has 6 heteroatoms. The van der Waals surface area contributed by atoms with Gasteiger partial charge in [0.15, 0.2) is 17.5 Å². The third-order valence-corrected chi connectivity index (χ3v) is 12.1. The third-order valence-electron chi connectivity index (χ3n) is 12.1. The molecule has 12 rings (SSSR count). The molecule has 12 aromatic rings. The second kappa shape index (κ2) is 15.4. The molecule has 0 aliphatic carbocycles. The van der Waals surface area contributed by atoms with Crippen LogP contribution in [0.1, 0.15) is 12.7 Å². The molecule has 0 atom stereocenters. The predicted molar refractivity (Wildman–Crippen MR) is 265 cm³/mol. The Balaban J connectivity index is 0.991. The van der Waals surface area contributed by atoms with E-state index < -0.39 is 0 Å². The van der Waals surface area contributed by atoms with Crippen LogP contribution in [0.4, 0.5) is 0 Å². The maximum Gasteiger partial charge on any atom is 0.164 e. The maximum absolute atomic E-state index is 6.51. The van der Waals surface area contributed by atoms with Gasteiger partial charge in [-0.05, 0) is 96.9 Å². The number of nitrogens with zero attached hydrogens (tertiary/aromatic N) is 5. The number of para-hydroxylation sites is 3. The van der Waals surface area contributed by atoms with Crippen molar-refractivity contribution in [1.82, 2.24) is 24.1 Å². The molecule has 4 heterocycles. The first kappa shape index (κ1) is 37.2. The first-order chi connectivity index (χ1) is 31.7. The van der Waals surface area contributed by atoms with Crippen LogP contribution in [-0.4, -0.2) is 24.1 Å². The SMILES string of the molecule is C\C=C/C=C/C=C/c1nc(-c2ccccc2)nc(-c2cccc3oc4ccc(-c5ccc6c(c5)c5ccccc5n6-c5ccc6c(c5)c5ccccc5n6-c5ccccc5)cc4c23)n1. The average molecular weight is 822 g/mol. The predicted octanol–water partition coefficient (Wildman–Crippen LogP) is 15.1. The molecule has 4 aromatic heterocycles. The van der Waals surface area contributed by atoms with Crippen LogP contribution in [0.5, 0.6) is 0 Å². The molecule has 0 N–H and O–H groups in total. The van der Waals surface area contributed by atoms with Gasteiger partial charge in [0.2, 0.25) is 0 Å². The zero-order chi connectivity index (χ0) is 42.6. The van der Waals surface area contributed by atoms with Gasteiger partial charge in [-0.25, -0.2) is 15.0 Å². The minimum atomic E-state index is 0.575. The number of hydrogen-bond acceptors (Lipinski definition) is 4. The summed E-state index contributed by atoms with van der Waals surface area (Å²) < 4.78 is 11.3. The Morgan fingerprint density at radius 3 is 1.78 bits per heavy atom. The van der Waals surface area contributed by atoms with E-state index in [1.807, 2.05) is 85.8 Å². The Morgan fingerprint density at radius 2 is 1.02 bits per heavy atom. The second-order valence-electron chi connectivity index (χ2n) is 15.9. The molecule has 0 saturated heterocycles. The van der Waals surface area contributed by atoms with Gasteiger partial charge in [-0.3, -0.25) is 0 Å². The topological polar surface area (TPSA) is 61.7 Å². The first-order valence-electron chi connectivity index (χ1n) is 21.6. The summed E-state index contributed by atoms with van der Waals surface area (Å²) in [5, 5.41) is 6.81. The zero-order valence-corrected chi connectivity index (χ0v) is 34.9. The summed E-state index contributed by atoms with van der Waals surface area (Å²) in [6, 6.07) is 64.4. The van der Waals surface area contributed by atoms with E-state index in [1.54, 1.807) is 0 Å². The molecule has 0 bridgehead atoms. The monoisotopic (exact) mass is 821 g/mol. The summed E-state index contributed by atoms with van der Waals surface area (Å²) in [6.45, 7) is 1.99. The van der Waals surface area contributed by atoms with Crippen LogP contribution in [0.15, 0.2) is 217 Å². The fourth-order valence-corrected chi connectivity index (χ4v) is 9.26. The van der Waals surface area contributed by atoms with Gasteiger partial charge in [0.25, 0.3) is 0 Å². The van der Waals surface area contributed by atoms with E-state index in [9.17, 15) is 0 Å². The van der Waals surface area contributed by atoms with Gasteiger partial charge in [-0.1, -0.05) is 140 Å². The number of fused-ring (bicyclic) bond motifs is 9. The lowest BCUT2D eigenvalue weighted by Crippen LogP contribution is -2.00. The van der Waals surface area contributed by atoms with Crippen LogP contribution in [0, 0.1) is 0 Å². The quantitative estimate of drug-likeness (QED) is 0.143. The molecule has 64 heavy (non-hydrogen) atoms. The van der Waals surface area contributed by atoms with Gasteiger partial charge >= 0.3 is 0 Å². The maximum atomic E-state index is 6.51. The highest BCUT2D eigenvalue weighted by Gasteiger charge is 2.20. The molecule has 0 amide bonds. The molecule has 0 radical (unpaired) electrons. The van der Waals surface area contributed by atoms with Crippen LogP contribution < -0.4 is 0 Å². The Hall–Kier alpha value is -8.61. The minimum absolute atomic E-state index is 0.575. The summed E-state index contributed by atoms with van der Waals surface area (Å²) >= 11 is 0. The van der Waals surface area contributed by atoms with Crippen molar-refractivity contribution in [3.05, 3.63) is 218 Å². The molecule has 0 fully saturated rings. The highest BCUT2D eigenvalue weighted by Crippen LogP contribution is 2.41. The molecular weight excluding hydrogens is 783 g/mol. The Labute approximate surface area is 369 Å². The molecule has 6 nitrogen and oxygen atoms in total. The van der Waals surface area contributed by atoms with Crippen LogP contribution >= 0.6 is 0 Å². The van der Waals surface area contributed by atoms with Gasteiger partial charge in [0, 0.05) is 54.8 Å². The summed E-state index contributed by atoms with van der Waals surface area (Å²) in [7, 11) is 0. The van der Waals surface area contributed by atoms with Gasteiger partial charge in [0.1, 0.15) is 11.2 Å². The number of furan rings is 1. The lowest BCUT2D eigenvalue weighted by atomic mass is 9.99. The zero-order valence-electron chi connectivity index (χ0n) is 34.9. The highest BCUT2D eigenvalue weighted by atomic mass is 16.3. The van der Waals surface area contributed by atoms with E-state index in [1.165, 1.54) is 32.6 Å². The average Bonchev–Trinajstić information content (AvgIpc) is 4.01. The highest BCUT2D eigenvalue weighted by molar-refractivity contribution is 6.15. The molecule has 0 aliphatic rings. The van der Waals surface area contributed by atoms with Crippen molar-refractivity contribution in [2.75, 3.05) is 0 Å². The van der Waals surface area contributed by atoms with Crippen LogP contribution in [-0.2, 0) is 0 Å². The van der Waals surface area contributed by atoms with Crippen molar-refractivity contribution >= 4 is 71.6 Å². The van der Waals surface area contributed by atoms with Gasteiger partial charge in [0.05, 0.1) is 22.1 Å². The van der Waals surface area contributed by atoms with Gasteiger partial charge in [-0.15, -0.1) is 0 Å². The first-order valence-corrected chi connectivity index (χ1v) is 21.6. The van der Waals surface area contributed by atoms with Crippen LogP contribution in [0.3, 0.4) is 0 Å². The van der Waals surface area contributed by atoms with E-state index in [0.717, 1.165) is 66.6 Å². The number of allylic oxidation sites excluding steroid dienone is 5. The van der Waals surface area contributed by atoms with Crippen molar-refractivity contribution in [2.24, 2.45) is 0 Å². The summed E-state index contributed by atoms with van der Waals surface area (Å²) in [5.41, 5.74) is 12.6. The molecule has 302 valence electrons. The van der Waals surface area contributed by atoms with E-state index >= 15 is 0 Å². The minimum Gasteiger partial charge on any atom is -0.456 e. The van der Waals surface area contributed by atoms with Crippen molar-refractivity contribution in [3.63, 3.8) is 0 Å². The van der Waals surface area contributed by atoms with E-state index in [4.69, 9.17) is 19.4 Å². The number of rotatable bonds is 8. The fraction of sp³-hybridized carbons (Fsp3) is 0.0172. The standard InChI is InChI=1S/C58H39N5O/c1-2-3-4-5-12-28-55-59-57(38-18-8-6-9-19-38)61-58(60-55)45-24-17-27-54-56(45)48-36-40(30-34-53(48)64-54)39-29-32-51-46(35-39)43-22-13-16-26-50(43)63(51)42-31-33-52-47(37-42)44-23-14-15-25-49(44)62(52)41-20-10-7-11-21-41/h2-37H,1H3/b3-2-,5-4+,28-12+. The summed E-state index contributed by atoms with van der Waals surface area (Å²) in [6.07, 6.45) is 11.8. The summed E-state index contributed by atoms with van der Waals surface area (Å²) in [4.78, 5) is 14.9. The van der Waals surface area contributed by atoms with Gasteiger partial charge in [-0.2, -0.15) is 0 Å². The molecule has 0 spiro atoms. The third kappa shape index (κ3) is 6.23. The lowest BCUT2D eigenvalue weighted by Gasteiger charge is -2.10.